The van der Waals surface area contributed by atoms with Crippen LogP contribution in [0.5, 0.6) is 0 Å². The Balaban J connectivity index is 0.000000531. The molecule has 0 radical (unpaired) electrons. The van der Waals surface area contributed by atoms with Crippen molar-refractivity contribution in [3.05, 3.63) is 17.7 Å². The van der Waals surface area contributed by atoms with Crippen LogP contribution in [0.2, 0.25) is 0 Å². The van der Waals surface area contributed by atoms with Crippen LogP contribution < -0.4 is 5.73 Å². The maximum absolute atomic E-state index is 8.69. The van der Waals surface area contributed by atoms with Gasteiger partial charge in [0.05, 0.1) is 6.20 Å². The summed E-state index contributed by atoms with van der Waals surface area (Å²) >= 11 is 0. The minimum Gasteiger partial charge on any atom is -0.380 e. The van der Waals surface area contributed by atoms with Gasteiger partial charge in [0.2, 0.25) is 0 Å². The van der Waals surface area contributed by atoms with Crippen molar-refractivity contribution >= 4 is 11.5 Å². The molecule has 0 aromatic carbocycles. The average Bonchev–Trinajstić information content (AvgIpc) is 2.64. The van der Waals surface area contributed by atoms with Gasteiger partial charge in [0, 0.05) is 0 Å². The lowest BCUT2D eigenvalue weighted by Gasteiger charge is -1.97. The molecule has 0 unspecified atom stereocenters. The highest BCUT2D eigenvalue weighted by Crippen LogP contribution is 2.09. The number of anilines is 1. The average molecular weight is 204 g/mol. The smallest absolute Gasteiger partial charge is 0.197 e. The van der Waals surface area contributed by atoms with E-state index >= 15 is 0 Å². The number of nitrogen functional groups attached to an aromatic ring is 1. The van der Waals surface area contributed by atoms with Crippen molar-refractivity contribution in [2.45, 2.75) is 20.8 Å². The van der Waals surface area contributed by atoms with Gasteiger partial charge in [-0.05, 0) is 6.92 Å². The van der Waals surface area contributed by atoms with Gasteiger partial charge >= 0.3 is 0 Å². The van der Waals surface area contributed by atoms with E-state index in [1.807, 2.05) is 19.9 Å². The number of aryl methyl sites for hydroxylation is 1. The van der Waals surface area contributed by atoms with Gasteiger partial charge in [-0.15, -0.1) is 0 Å². The van der Waals surface area contributed by atoms with Crippen LogP contribution in [-0.4, -0.2) is 19.6 Å². The van der Waals surface area contributed by atoms with E-state index in [1.54, 1.807) is 6.92 Å². The molecule has 0 saturated heterocycles. The maximum atomic E-state index is 8.69. The van der Waals surface area contributed by atoms with E-state index in [4.69, 9.17) is 11.0 Å². The van der Waals surface area contributed by atoms with Crippen molar-refractivity contribution in [2.24, 2.45) is 0 Å². The number of imidazole rings is 1. The summed E-state index contributed by atoms with van der Waals surface area (Å²) in [6.45, 7) is 5.71. The van der Waals surface area contributed by atoms with Crippen LogP contribution in [0.1, 0.15) is 25.4 Å². The quantitative estimate of drug-likeness (QED) is 0.688. The van der Waals surface area contributed by atoms with Crippen molar-refractivity contribution < 1.29 is 0 Å². The zero-order valence-electron chi connectivity index (χ0n) is 8.89. The Morgan fingerprint density at radius 3 is 2.73 bits per heavy atom. The number of hydrogen-bond acceptors (Lipinski definition) is 5. The number of hydrogen-bond donors (Lipinski definition) is 1. The summed E-state index contributed by atoms with van der Waals surface area (Å²) in [7, 11) is 0. The van der Waals surface area contributed by atoms with Gasteiger partial charge in [0.1, 0.15) is 11.9 Å². The van der Waals surface area contributed by atoms with E-state index in [9.17, 15) is 0 Å². The monoisotopic (exact) mass is 204 g/mol. The first-order chi connectivity index (χ1) is 7.22. The molecule has 0 aliphatic rings. The molecule has 0 spiro atoms. The Bertz CT molecular complexity index is 507. The summed E-state index contributed by atoms with van der Waals surface area (Å²) in [6.07, 6.45) is 1.42. The summed E-state index contributed by atoms with van der Waals surface area (Å²) in [5.74, 6) is 0.800. The number of nitriles is 1. The molecule has 6 heteroatoms. The Morgan fingerprint density at radius 2 is 2.13 bits per heavy atom. The standard InChI is InChI=1S/C7H6N6.C2H6/c1-4-11-6(9)7-10-3-5(2-8)13(7)12-4;1-2/h3H,1H3,(H2,9,11,12);1-2H3. The van der Waals surface area contributed by atoms with Crippen LogP contribution in [0.3, 0.4) is 0 Å². The van der Waals surface area contributed by atoms with Gasteiger partial charge in [-0.1, -0.05) is 13.8 Å². The Morgan fingerprint density at radius 1 is 1.47 bits per heavy atom. The lowest BCUT2D eigenvalue weighted by Crippen LogP contribution is -2.04. The van der Waals surface area contributed by atoms with Gasteiger partial charge < -0.3 is 5.73 Å². The first kappa shape index (κ1) is 10.9. The molecule has 2 N–H and O–H groups in total. The van der Waals surface area contributed by atoms with Crippen LogP contribution in [0.25, 0.3) is 5.65 Å². The third-order valence-electron chi connectivity index (χ3n) is 1.61. The maximum Gasteiger partial charge on any atom is 0.197 e. The fourth-order valence-electron chi connectivity index (χ4n) is 1.09. The highest BCUT2D eigenvalue weighted by Gasteiger charge is 2.07. The van der Waals surface area contributed by atoms with Crippen LogP contribution in [0.4, 0.5) is 5.82 Å². The van der Waals surface area contributed by atoms with E-state index in [0.29, 0.717) is 17.2 Å². The van der Waals surface area contributed by atoms with Gasteiger partial charge in [0.15, 0.2) is 17.2 Å². The molecular weight excluding hydrogens is 192 g/mol. The van der Waals surface area contributed by atoms with E-state index < -0.39 is 0 Å². The third-order valence-corrected chi connectivity index (χ3v) is 1.61. The predicted molar refractivity (Wildman–Crippen MR) is 56.0 cm³/mol. The number of fused-ring (bicyclic) bond motifs is 1. The van der Waals surface area contributed by atoms with Crippen molar-refractivity contribution in [3.8, 4) is 6.07 Å². The number of nitrogens with two attached hydrogens (primary N) is 1. The van der Waals surface area contributed by atoms with Crippen LogP contribution in [0, 0.1) is 18.3 Å². The topological polar surface area (TPSA) is 92.9 Å². The minimum absolute atomic E-state index is 0.286. The second-order valence-electron chi connectivity index (χ2n) is 2.53. The highest BCUT2D eigenvalue weighted by molar-refractivity contribution is 5.60. The molecule has 0 aliphatic carbocycles. The normalized spacial score (nSPS) is 9.20. The Labute approximate surface area is 87.4 Å². The molecule has 0 saturated carbocycles. The van der Waals surface area contributed by atoms with Gasteiger partial charge in [-0.25, -0.2) is 9.97 Å². The lowest BCUT2D eigenvalue weighted by atomic mass is 10.5. The second-order valence-corrected chi connectivity index (χ2v) is 2.53. The largest absolute Gasteiger partial charge is 0.380 e. The minimum atomic E-state index is 0.286. The predicted octanol–water partition coefficient (Wildman–Crippen LogP) is 0.913. The molecular formula is C9H12N6. The van der Waals surface area contributed by atoms with Crippen molar-refractivity contribution in [1.29, 1.82) is 5.26 Å². The molecule has 0 aliphatic heterocycles. The molecule has 78 valence electrons. The fourth-order valence-corrected chi connectivity index (χ4v) is 1.09. The van der Waals surface area contributed by atoms with Gasteiger partial charge in [0.25, 0.3) is 0 Å². The number of aromatic nitrogens is 4. The highest BCUT2D eigenvalue weighted by atomic mass is 15.3. The molecule has 0 bridgehead atoms. The van der Waals surface area contributed by atoms with Crippen molar-refractivity contribution in [2.75, 3.05) is 5.73 Å². The third kappa shape index (κ3) is 1.86. The molecule has 2 aromatic heterocycles. The molecule has 2 rings (SSSR count). The van der Waals surface area contributed by atoms with Crippen LogP contribution in [-0.2, 0) is 0 Å². The van der Waals surface area contributed by atoms with Crippen molar-refractivity contribution in [1.82, 2.24) is 19.6 Å². The zero-order valence-corrected chi connectivity index (χ0v) is 8.89. The molecule has 0 amide bonds. The molecule has 0 fully saturated rings. The second kappa shape index (κ2) is 4.37. The van der Waals surface area contributed by atoms with Crippen molar-refractivity contribution in [3.63, 3.8) is 0 Å². The van der Waals surface area contributed by atoms with Crippen LogP contribution in [0.15, 0.2) is 6.20 Å². The Hall–Kier alpha value is -2.16. The number of nitrogens with zero attached hydrogens (tertiary/aromatic N) is 5. The lowest BCUT2D eigenvalue weighted by molar-refractivity contribution is 0.847. The zero-order chi connectivity index (χ0) is 11.4. The fraction of sp³-hybridized carbons (Fsp3) is 0.333. The van der Waals surface area contributed by atoms with Gasteiger partial charge in [-0.3, -0.25) is 0 Å². The number of rotatable bonds is 0. The molecule has 15 heavy (non-hydrogen) atoms. The first-order valence-electron chi connectivity index (χ1n) is 4.60. The SMILES string of the molecule is CC.Cc1nc(N)c2ncc(C#N)n2n1. The van der Waals surface area contributed by atoms with Gasteiger partial charge in [-0.2, -0.15) is 14.9 Å². The van der Waals surface area contributed by atoms with E-state index in [0.717, 1.165) is 0 Å². The summed E-state index contributed by atoms with van der Waals surface area (Å²) in [4.78, 5) is 7.84. The molecule has 2 heterocycles. The summed E-state index contributed by atoms with van der Waals surface area (Å²) in [5.41, 5.74) is 6.35. The summed E-state index contributed by atoms with van der Waals surface area (Å²) in [5, 5.41) is 12.7. The van der Waals surface area contributed by atoms with E-state index in [2.05, 4.69) is 15.1 Å². The first-order valence-corrected chi connectivity index (χ1v) is 4.60. The molecule has 6 nitrogen and oxygen atoms in total. The summed E-state index contributed by atoms with van der Waals surface area (Å²) in [6, 6.07) is 1.96. The molecule has 0 atom stereocenters. The van der Waals surface area contributed by atoms with E-state index in [1.165, 1.54) is 10.7 Å². The van der Waals surface area contributed by atoms with E-state index in [-0.39, 0.29) is 5.82 Å². The van der Waals surface area contributed by atoms with Crippen LogP contribution >= 0.6 is 0 Å². The Kier molecular flexibility index (Phi) is 3.18. The molecule has 2 aromatic rings. The summed E-state index contributed by atoms with van der Waals surface area (Å²) < 4.78 is 1.39.